The minimum absolute atomic E-state index is 0.140. The van der Waals surface area contributed by atoms with E-state index in [4.69, 9.17) is 4.74 Å². The second-order valence-electron chi connectivity index (χ2n) is 4.91. The van der Waals surface area contributed by atoms with Crippen LogP contribution >= 0.6 is 15.9 Å². The molecule has 7 nitrogen and oxygen atoms in total. The summed E-state index contributed by atoms with van der Waals surface area (Å²) in [5.41, 5.74) is 0.782. The monoisotopic (exact) mass is 353 g/mol. The van der Waals surface area contributed by atoms with Crippen molar-refractivity contribution >= 4 is 33.5 Å². The minimum atomic E-state index is -0.264. The van der Waals surface area contributed by atoms with Crippen molar-refractivity contribution in [3.63, 3.8) is 0 Å². The van der Waals surface area contributed by atoms with Crippen molar-refractivity contribution in [3.05, 3.63) is 22.9 Å². The maximum absolute atomic E-state index is 11.7. The third kappa shape index (κ3) is 2.80. The number of methoxy groups -OCH3 is 1. The maximum atomic E-state index is 11.7. The summed E-state index contributed by atoms with van der Waals surface area (Å²) in [4.78, 5) is 17.6. The summed E-state index contributed by atoms with van der Waals surface area (Å²) in [6.45, 7) is 1.40. The van der Waals surface area contributed by atoms with Gasteiger partial charge in [0.15, 0.2) is 5.65 Å². The molecule has 0 spiro atoms. The third-order valence-electron chi connectivity index (χ3n) is 3.63. The van der Waals surface area contributed by atoms with Crippen molar-refractivity contribution in [3.8, 4) is 0 Å². The molecule has 1 N–H and O–H groups in total. The molecule has 0 radical (unpaired) electrons. The number of hydrogen-bond donors (Lipinski definition) is 1. The van der Waals surface area contributed by atoms with Crippen LogP contribution in [0.1, 0.15) is 12.8 Å². The fraction of sp³-hybridized carbons (Fsp3) is 0.462. The number of carbonyl (C=O) groups excluding carboxylic acids is 1. The van der Waals surface area contributed by atoms with Crippen LogP contribution in [-0.2, 0) is 4.74 Å². The highest BCUT2D eigenvalue weighted by Crippen LogP contribution is 2.19. The maximum Gasteiger partial charge on any atom is 0.409 e. The second-order valence-corrected chi connectivity index (χ2v) is 5.72. The predicted molar refractivity (Wildman–Crippen MR) is 81.3 cm³/mol. The first kappa shape index (κ1) is 14.1. The number of rotatable bonds is 3. The van der Waals surface area contributed by atoms with E-state index in [2.05, 4.69) is 31.3 Å². The second kappa shape index (κ2) is 5.88. The van der Waals surface area contributed by atoms with Crippen LogP contribution in [0.4, 0.5) is 10.6 Å². The molecular weight excluding hydrogens is 338 g/mol. The quantitative estimate of drug-likeness (QED) is 0.914. The summed E-state index contributed by atoms with van der Waals surface area (Å²) in [6, 6.07) is 3.92. The predicted octanol–water partition coefficient (Wildman–Crippen LogP) is 2.13. The molecule has 1 saturated heterocycles. The van der Waals surface area contributed by atoms with Crippen LogP contribution in [0, 0.1) is 0 Å². The summed E-state index contributed by atoms with van der Waals surface area (Å²) >= 11 is 3.40. The lowest BCUT2D eigenvalue weighted by Crippen LogP contribution is -2.39. The number of nitrogens with zero attached hydrogens (tertiary/aromatic N) is 4. The van der Waals surface area contributed by atoms with Crippen molar-refractivity contribution in [2.24, 2.45) is 0 Å². The summed E-state index contributed by atoms with van der Waals surface area (Å²) in [5, 5.41) is 7.72. The molecule has 8 heteroatoms. The van der Waals surface area contributed by atoms with E-state index in [1.807, 2.05) is 12.1 Å². The van der Waals surface area contributed by atoms with Crippen LogP contribution in [0.3, 0.4) is 0 Å². The minimum Gasteiger partial charge on any atom is -0.453 e. The van der Waals surface area contributed by atoms with Gasteiger partial charge in [0.05, 0.1) is 19.3 Å². The fourth-order valence-corrected chi connectivity index (χ4v) is 2.93. The topological polar surface area (TPSA) is 71.8 Å². The lowest BCUT2D eigenvalue weighted by atomic mass is 10.2. The average Bonchev–Trinajstić information content (AvgIpc) is 3.11. The van der Waals surface area contributed by atoms with E-state index in [0.29, 0.717) is 6.54 Å². The van der Waals surface area contributed by atoms with Crippen molar-refractivity contribution in [2.45, 2.75) is 18.9 Å². The van der Waals surface area contributed by atoms with Crippen LogP contribution in [0.5, 0.6) is 0 Å². The number of hydrogen-bond acceptors (Lipinski definition) is 5. The summed E-state index contributed by atoms with van der Waals surface area (Å²) in [6.07, 6.45) is 3.42. The average molecular weight is 354 g/mol. The van der Waals surface area contributed by atoms with Crippen molar-refractivity contribution in [1.29, 1.82) is 0 Å². The van der Waals surface area contributed by atoms with Gasteiger partial charge in [-0.05, 0) is 40.9 Å². The first-order valence-electron chi connectivity index (χ1n) is 6.78. The Labute approximate surface area is 130 Å². The Balaban J connectivity index is 1.68. The van der Waals surface area contributed by atoms with E-state index in [1.165, 1.54) is 7.11 Å². The van der Waals surface area contributed by atoms with Gasteiger partial charge in [0.2, 0.25) is 0 Å². The van der Waals surface area contributed by atoms with Crippen LogP contribution in [0.15, 0.2) is 22.9 Å². The molecule has 0 unspecified atom stereocenters. The Morgan fingerprint density at radius 3 is 3.24 bits per heavy atom. The number of aromatic nitrogens is 3. The van der Waals surface area contributed by atoms with E-state index in [-0.39, 0.29) is 12.1 Å². The van der Waals surface area contributed by atoms with E-state index in [0.717, 1.165) is 35.5 Å². The number of ether oxygens (including phenoxy) is 1. The molecule has 2 aromatic heterocycles. The highest BCUT2D eigenvalue weighted by Gasteiger charge is 2.29. The van der Waals surface area contributed by atoms with Crippen molar-refractivity contribution in [2.75, 3.05) is 25.5 Å². The Kier molecular flexibility index (Phi) is 3.96. The lowest BCUT2D eigenvalue weighted by molar-refractivity contribution is 0.120. The SMILES string of the molecule is COC(=O)N1CCC[C@H]1CNc1ccc2ncc(Br)n2n1. The van der Waals surface area contributed by atoms with Gasteiger partial charge >= 0.3 is 6.09 Å². The van der Waals surface area contributed by atoms with Crippen LogP contribution in [-0.4, -0.2) is 51.8 Å². The van der Waals surface area contributed by atoms with Crippen LogP contribution < -0.4 is 5.32 Å². The molecule has 0 aromatic carbocycles. The highest BCUT2D eigenvalue weighted by atomic mass is 79.9. The van der Waals surface area contributed by atoms with Gasteiger partial charge in [-0.3, -0.25) is 0 Å². The molecule has 1 amide bonds. The molecule has 0 bridgehead atoms. The lowest BCUT2D eigenvalue weighted by Gasteiger charge is -2.23. The van der Waals surface area contributed by atoms with Crippen LogP contribution in [0.2, 0.25) is 0 Å². The molecule has 2 aromatic rings. The zero-order chi connectivity index (χ0) is 14.8. The van der Waals surface area contributed by atoms with Crippen molar-refractivity contribution < 1.29 is 9.53 Å². The molecular formula is C13H16BrN5O2. The Morgan fingerprint density at radius 2 is 2.43 bits per heavy atom. The number of likely N-dealkylation sites (tertiary alicyclic amines) is 1. The molecule has 3 heterocycles. The van der Waals surface area contributed by atoms with E-state index in [9.17, 15) is 4.79 Å². The fourth-order valence-electron chi connectivity index (χ4n) is 2.57. The van der Waals surface area contributed by atoms with Gasteiger partial charge in [-0.15, -0.1) is 5.10 Å². The largest absolute Gasteiger partial charge is 0.453 e. The Hall–Kier alpha value is -1.83. The molecule has 3 rings (SSSR count). The molecule has 21 heavy (non-hydrogen) atoms. The standard InChI is InChI=1S/C13H16BrN5O2/c1-21-13(20)18-6-2-3-9(18)7-15-11-4-5-12-16-8-10(14)19(12)17-11/h4-5,8-9H,2-3,6-7H2,1H3,(H,15,17)/t9-/m0/s1. The molecule has 0 saturated carbocycles. The zero-order valence-electron chi connectivity index (χ0n) is 11.6. The molecule has 0 aliphatic carbocycles. The van der Waals surface area contributed by atoms with Gasteiger partial charge in [-0.1, -0.05) is 0 Å². The number of halogens is 1. The van der Waals surface area contributed by atoms with Gasteiger partial charge in [0, 0.05) is 13.1 Å². The van der Waals surface area contributed by atoms with E-state index < -0.39 is 0 Å². The van der Waals surface area contributed by atoms with E-state index >= 15 is 0 Å². The van der Waals surface area contributed by atoms with Gasteiger partial charge < -0.3 is 15.0 Å². The first-order chi connectivity index (χ1) is 10.2. The summed E-state index contributed by atoms with van der Waals surface area (Å²) in [5.74, 6) is 0.748. The Morgan fingerprint density at radius 1 is 1.57 bits per heavy atom. The number of anilines is 1. The number of nitrogens with one attached hydrogen (secondary N) is 1. The zero-order valence-corrected chi connectivity index (χ0v) is 13.2. The Bertz CT molecular complexity index is 659. The van der Waals surface area contributed by atoms with Gasteiger partial charge in [-0.25, -0.2) is 14.3 Å². The number of imidazole rings is 1. The first-order valence-corrected chi connectivity index (χ1v) is 7.57. The highest BCUT2D eigenvalue weighted by molar-refractivity contribution is 9.10. The van der Waals surface area contributed by atoms with Gasteiger partial charge in [-0.2, -0.15) is 0 Å². The van der Waals surface area contributed by atoms with Crippen molar-refractivity contribution in [1.82, 2.24) is 19.5 Å². The number of amides is 1. The number of carbonyl (C=O) groups is 1. The molecule has 1 aliphatic rings. The normalized spacial score (nSPS) is 18.2. The van der Waals surface area contributed by atoms with Gasteiger partial charge in [0.25, 0.3) is 0 Å². The van der Waals surface area contributed by atoms with E-state index in [1.54, 1.807) is 15.6 Å². The van der Waals surface area contributed by atoms with Gasteiger partial charge in [0.1, 0.15) is 10.4 Å². The molecule has 1 atom stereocenters. The summed E-state index contributed by atoms with van der Waals surface area (Å²) < 4.78 is 7.33. The smallest absolute Gasteiger partial charge is 0.409 e. The third-order valence-corrected chi connectivity index (χ3v) is 4.17. The molecule has 112 valence electrons. The summed E-state index contributed by atoms with van der Waals surface area (Å²) in [7, 11) is 1.41. The van der Waals surface area contributed by atoms with Crippen LogP contribution in [0.25, 0.3) is 5.65 Å². The molecule has 1 aliphatic heterocycles. The number of fused-ring (bicyclic) bond motifs is 1. The molecule has 1 fully saturated rings.